The molecule has 0 saturated heterocycles. The van der Waals surface area contributed by atoms with Crippen LogP contribution in [-0.2, 0) is 5.54 Å². The number of hydrogen-bond acceptors (Lipinski definition) is 6. The SMILES string of the molecule is CCNS1(O)C[C@@](C)(c2cc(NC(=O)c3ccc(F)cn3)ccc2F)N=C(N)C1(C)C. The molecule has 168 valence electrons. The van der Waals surface area contributed by atoms with Crippen LogP contribution in [0.3, 0.4) is 0 Å². The van der Waals surface area contributed by atoms with Gasteiger partial charge in [0, 0.05) is 23.5 Å². The minimum absolute atomic E-state index is 0.0196. The molecule has 0 fully saturated rings. The molecule has 0 saturated carbocycles. The molecule has 1 aliphatic heterocycles. The van der Waals surface area contributed by atoms with E-state index in [1.54, 1.807) is 6.92 Å². The number of nitrogens with two attached hydrogens (primary N) is 1. The number of nitrogens with zero attached hydrogens (tertiary/aromatic N) is 2. The van der Waals surface area contributed by atoms with E-state index in [0.29, 0.717) is 12.2 Å². The Hall–Kier alpha value is -2.56. The second kappa shape index (κ2) is 8.18. The molecular weight excluding hydrogens is 424 g/mol. The number of hydrogen-bond donors (Lipinski definition) is 4. The van der Waals surface area contributed by atoms with E-state index in [1.165, 1.54) is 24.3 Å². The largest absolute Gasteiger partial charge is 0.386 e. The number of amidine groups is 1. The topological polar surface area (TPSA) is 113 Å². The molecule has 0 bridgehead atoms. The Labute approximate surface area is 181 Å². The van der Waals surface area contributed by atoms with Crippen LogP contribution in [0.15, 0.2) is 41.5 Å². The predicted octanol–water partition coefficient (Wildman–Crippen LogP) is 3.78. The van der Waals surface area contributed by atoms with Gasteiger partial charge in [0.2, 0.25) is 0 Å². The van der Waals surface area contributed by atoms with E-state index in [-0.39, 0.29) is 22.8 Å². The summed E-state index contributed by atoms with van der Waals surface area (Å²) in [5.41, 5.74) is 5.61. The van der Waals surface area contributed by atoms with Gasteiger partial charge in [0.25, 0.3) is 5.91 Å². The second-order valence-electron chi connectivity index (χ2n) is 8.14. The van der Waals surface area contributed by atoms with Crippen molar-refractivity contribution >= 4 is 27.9 Å². The molecule has 31 heavy (non-hydrogen) atoms. The number of aromatic nitrogens is 1. The smallest absolute Gasteiger partial charge is 0.274 e. The van der Waals surface area contributed by atoms with Crippen molar-refractivity contribution in [2.24, 2.45) is 10.7 Å². The summed E-state index contributed by atoms with van der Waals surface area (Å²) in [7, 11) is -2.48. The normalized spacial score (nSPS) is 27.1. The molecule has 1 aliphatic rings. The first kappa shape index (κ1) is 23.1. The highest BCUT2D eigenvalue weighted by atomic mass is 32.3. The minimum atomic E-state index is -2.48. The standard InChI is InChI=1S/C21H27F2N5O2S/c1-5-26-31(30)12-21(4,28-19(24)20(31,2)3)15-10-14(7-8-16(15)23)27-18(29)17-9-6-13(22)11-25-17/h6-11,26,30H,5,12H2,1-4H3,(H2,24,28)(H,27,29)/t21-/m0/s1. The van der Waals surface area contributed by atoms with Crippen LogP contribution in [0, 0.1) is 11.6 Å². The summed E-state index contributed by atoms with van der Waals surface area (Å²) in [4.78, 5) is 20.7. The van der Waals surface area contributed by atoms with Crippen LogP contribution in [0.4, 0.5) is 14.5 Å². The van der Waals surface area contributed by atoms with E-state index in [1.807, 2.05) is 20.8 Å². The summed E-state index contributed by atoms with van der Waals surface area (Å²) >= 11 is 0. The van der Waals surface area contributed by atoms with Gasteiger partial charge in [-0.2, -0.15) is 0 Å². The van der Waals surface area contributed by atoms with Crippen molar-refractivity contribution in [2.75, 3.05) is 17.6 Å². The maximum atomic E-state index is 14.9. The monoisotopic (exact) mass is 451 g/mol. The highest BCUT2D eigenvalue weighted by Crippen LogP contribution is 2.59. The van der Waals surface area contributed by atoms with Crippen molar-refractivity contribution < 1.29 is 18.1 Å². The van der Waals surface area contributed by atoms with E-state index in [0.717, 1.165) is 12.3 Å². The van der Waals surface area contributed by atoms with Crippen LogP contribution in [0.1, 0.15) is 43.7 Å². The number of nitrogens with one attached hydrogen (secondary N) is 2. The number of carbonyl (C=O) groups excluding carboxylic acids is 1. The van der Waals surface area contributed by atoms with Crippen LogP contribution >= 0.6 is 10.5 Å². The number of rotatable bonds is 5. The van der Waals surface area contributed by atoms with E-state index in [2.05, 4.69) is 20.0 Å². The van der Waals surface area contributed by atoms with Gasteiger partial charge in [0.15, 0.2) is 0 Å². The van der Waals surface area contributed by atoms with Gasteiger partial charge in [-0.1, -0.05) is 17.4 Å². The van der Waals surface area contributed by atoms with Gasteiger partial charge in [0.05, 0.1) is 16.5 Å². The fourth-order valence-corrected chi connectivity index (χ4v) is 6.25. The van der Waals surface area contributed by atoms with Gasteiger partial charge in [0.1, 0.15) is 23.2 Å². The third-order valence-corrected chi connectivity index (χ3v) is 9.11. The number of aliphatic imine (C=N–C) groups is 1. The zero-order valence-electron chi connectivity index (χ0n) is 17.9. The van der Waals surface area contributed by atoms with Gasteiger partial charge in [-0.3, -0.25) is 14.5 Å². The van der Waals surface area contributed by atoms with Gasteiger partial charge in [-0.05, 0) is 51.1 Å². The Balaban J connectivity index is 1.98. The Bertz CT molecular complexity index is 1030. The Morgan fingerprint density at radius 3 is 2.58 bits per heavy atom. The summed E-state index contributed by atoms with van der Waals surface area (Å²) < 4.78 is 41.7. The fourth-order valence-electron chi connectivity index (χ4n) is 3.52. The molecule has 1 aromatic carbocycles. The average molecular weight is 452 g/mol. The second-order valence-corrected chi connectivity index (χ2v) is 11.1. The number of halogens is 2. The van der Waals surface area contributed by atoms with Crippen molar-refractivity contribution in [2.45, 2.75) is 38.0 Å². The minimum Gasteiger partial charge on any atom is -0.386 e. The Morgan fingerprint density at radius 1 is 1.26 bits per heavy atom. The Morgan fingerprint density at radius 2 is 1.97 bits per heavy atom. The molecule has 0 aliphatic carbocycles. The van der Waals surface area contributed by atoms with Gasteiger partial charge >= 0.3 is 0 Å². The third-order valence-electron chi connectivity index (χ3n) is 5.47. The van der Waals surface area contributed by atoms with Gasteiger partial charge in [-0.15, -0.1) is 0 Å². The first-order valence-corrected chi connectivity index (χ1v) is 11.5. The molecule has 1 amide bonds. The number of pyridine rings is 1. The third kappa shape index (κ3) is 4.28. The van der Waals surface area contributed by atoms with E-state index >= 15 is 0 Å². The molecule has 0 spiro atoms. The number of benzene rings is 1. The van der Waals surface area contributed by atoms with Crippen LogP contribution < -0.4 is 15.8 Å². The maximum absolute atomic E-state index is 14.9. The van der Waals surface area contributed by atoms with Crippen LogP contribution in [-0.4, -0.2) is 38.3 Å². The van der Waals surface area contributed by atoms with E-state index in [4.69, 9.17) is 5.73 Å². The van der Waals surface area contributed by atoms with Crippen molar-refractivity contribution in [3.63, 3.8) is 0 Å². The number of amides is 1. The summed E-state index contributed by atoms with van der Waals surface area (Å²) in [6.45, 7) is 7.72. The lowest BCUT2D eigenvalue weighted by molar-refractivity contribution is 0.102. The van der Waals surface area contributed by atoms with Crippen LogP contribution in [0.5, 0.6) is 0 Å². The highest BCUT2D eigenvalue weighted by Gasteiger charge is 2.51. The molecule has 5 N–H and O–H groups in total. The molecule has 7 nitrogen and oxygen atoms in total. The zero-order chi connectivity index (χ0) is 23.0. The molecule has 2 atom stereocenters. The van der Waals surface area contributed by atoms with E-state index in [9.17, 15) is 18.1 Å². The summed E-state index contributed by atoms with van der Waals surface area (Å²) in [6.07, 6.45) is 0.942. The molecule has 0 radical (unpaired) electrons. The molecule has 2 aromatic rings. The molecule has 1 unspecified atom stereocenters. The predicted molar refractivity (Wildman–Crippen MR) is 120 cm³/mol. The van der Waals surface area contributed by atoms with Gasteiger partial charge < -0.3 is 15.6 Å². The van der Waals surface area contributed by atoms with Crippen molar-refractivity contribution in [1.82, 2.24) is 9.71 Å². The van der Waals surface area contributed by atoms with E-state index < -0.39 is 38.3 Å². The average Bonchev–Trinajstić information content (AvgIpc) is 2.68. The summed E-state index contributed by atoms with van der Waals surface area (Å²) in [5, 5.41) is 2.63. The molecule has 2 heterocycles. The quantitative estimate of drug-likeness (QED) is 0.553. The van der Waals surface area contributed by atoms with Crippen molar-refractivity contribution in [1.29, 1.82) is 0 Å². The first-order valence-electron chi connectivity index (χ1n) is 9.78. The lowest BCUT2D eigenvalue weighted by atomic mass is 9.92. The van der Waals surface area contributed by atoms with Crippen LogP contribution in [0.2, 0.25) is 0 Å². The first-order chi connectivity index (χ1) is 14.4. The molecule has 1 aromatic heterocycles. The highest BCUT2D eigenvalue weighted by molar-refractivity contribution is 8.29. The summed E-state index contributed by atoms with van der Waals surface area (Å²) in [6, 6.07) is 6.49. The van der Waals surface area contributed by atoms with Crippen LogP contribution in [0.25, 0.3) is 0 Å². The summed E-state index contributed by atoms with van der Waals surface area (Å²) in [5.74, 6) is -1.28. The van der Waals surface area contributed by atoms with Crippen molar-refractivity contribution in [3.8, 4) is 0 Å². The molecule has 3 rings (SSSR count). The lowest BCUT2D eigenvalue weighted by Gasteiger charge is -2.54. The zero-order valence-corrected chi connectivity index (χ0v) is 18.7. The number of carbonyl (C=O) groups is 1. The van der Waals surface area contributed by atoms with Crippen molar-refractivity contribution in [3.05, 3.63) is 59.4 Å². The molecular formula is C21H27F2N5O2S. The molecule has 10 heteroatoms. The fraction of sp³-hybridized carbons (Fsp3) is 0.381. The number of anilines is 1. The lowest BCUT2D eigenvalue weighted by Crippen LogP contribution is -2.56. The van der Waals surface area contributed by atoms with Gasteiger partial charge in [-0.25, -0.2) is 13.8 Å². The Kier molecular flexibility index (Phi) is 6.09. The maximum Gasteiger partial charge on any atom is 0.274 e.